The van der Waals surface area contributed by atoms with Gasteiger partial charge in [-0.25, -0.2) is 4.79 Å². The van der Waals surface area contributed by atoms with Gasteiger partial charge >= 0.3 is 5.97 Å². The van der Waals surface area contributed by atoms with Crippen molar-refractivity contribution in [1.82, 2.24) is 10.2 Å². The molecule has 204 valence electrons. The second-order valence-electron chi connectivity index (χ2n) is 9.83. The molecule has 0 radical (unpaired) electrons. The fourth-order valence-electron chi connectivity index (χ4n) is 5.14. The van der Waals surface area contributed by atoms with E-state index < -0.39 is 12.0 Å². The number of methoxy groups -OCH3 is 1. The molecule has 2 aliphatic rings. The molecule has 2 aromatic carbocycles. The van der Waals surface area contributed by atoms with Crippen LogP contribution in [0.25, 0.3) is 0 Å². The van der Waals surface area contributed by atoms with Crippen molar-refractivity contribution in [3.8, 4) is 11.5 Å². The number of esters is 1. The van der Waals surface area contributed by atoms with Crippen LogP contribution in [0.3, 0.4) is 0 Å². The number of fused-ring (bicyclic) bond motifs is 1. The molecule has 39 heavy (non-hydrogen) atoms. The maximum Gasteiger partial charge on any atom is 0.337 e. The first kappa shape index (κ1) is 26.7. The Morgan fingerprint density at radius 1 is 1.03 bits per heavy atom. The van der Waals surface area contributed by atoms with E-state index in [1.807, 2.05) is 35.7 Å². The predicted octanol–water partition coefficient (Wildman–Crippen LogP) is 5.02. The second-order valence-corrected chi connectivity index (χ2v) is 10.9. The van der Waals surface area contributed by atoms with Crippen LogP contribution < -0.4 is 14.8 Å². The monoisotopic (exact) mass is 548 g/mol. The highest BCUT2D eigenvalue weighted by Crippen LogP contribution is 2.34. The standard InChI is InChI=1S/C30H32N2O6S/c1-36-30(35)22-12-10-21(11-13-22)28(29(34)31-23-6-3-2-4-7-23)32(27(33)17-24-8-5-15-39-24)18-20-9-14-25-26(16-20)38-19-37-25/h5,8-16,23,28H,2-4,6-7,17-19H2,1H3,(H,31,34)/t28-/m1/s1. The van der Waals surface area contributed by atoms with E-state index in [0.717, 1.165) is 36.1 Å². The first-order valence-electron chi connectivity index (χ1n) is 13.2. The van der Waals surface area contributed by atoms with Gasteiger partial charge in [0.1, 0.15) is 6.04 Å². The van der Waals surface area contributed by atoms with Crippen LogP contribution in [-0.4, -0.2) is 42.6 Å². The van der Waals surface area contributed by atoms with Gasteiger partial charge in [-0.15, -0.1) is 11.3 Å². The van der Waals surface area contributed by atoms with Crippen molar-refractivity contribution in [2.75, 3.05) is 13.9 Å². The van der Waals surface area contributed by atoms with Crippen LogP contribution >= 0.6 is 11.3 Å². The van der Waals surface area contributed by atoms with Crippen molar-refractivity contribution in [3.63, 3.8) is 0 Å². The fourth-order valence-corrected chi connectivity index (χ4v) is 5.84. The molecule has 1 aliphatic carbocycles. The Labute approximate surface area is 231 Å². The number of nitrogens with one attached hydrogen (secondary N) is 1. The SMILES string of the molecule is COC(=O)c1ccc([C@H](C(=O)NC2CCCCC2)N(Cc2ccc3c(c2)OCO3)C(=O)Cc2cccs2)cc1. The number of hydrogen-bond donors (Lipinski definition) is 1. The van der Waals surface area contributed by atoms with E-state index >= 15 is 0 Å². The van der Waals surface area contributed by atoms with E-state index in [9.17, 15) is 14.4 Å². The minimum atomic E-state index is -0.892. The predicted molar refractivity (Wildman–Crippen MR) is 147 cm³/mol. The molecule has 3 aromatic rings. The van der Waals surface area contributed by atoms with Crippen molar-refractivity contribution < 1.29 is 28.6 Å². The molecule has 5 rings (SSSR count). The zero-order valence-electron chi connectivity index (χ0n) is 21.9. The largest absolute Gasteiger partial charge is 0.465 e. The molecular formula is C30H32N2O6S. The number of ether oxygens (including phenoxy) is 3. The van der Waals surface area contributed by atoms with Gasteiger partial charge in [-0.05, 0) is 59.7 Å². The molecule has 0 spiro atoms. The number of hydrogen-bond acceptors (Lipinski definition) is 7. The second kappa shape index (κ2) is 12.3. The molecule has 2 amide bonds. The average molecular weight is 549 g/mol. The Kier molecular flexibility index (Phi) is 8.46. The Morgan fingerprint density at radius 3 is 2.51 bits per heavy atom. The summed E-state index contributed by atoms with van der Waals surface area (Å²) in [5.74, 6) is 0.406. The van der Waals surface area contributed by atoms with Gasteiger partial charge in [0.25, 0.3) is 0 Å². The molecule has 1 atom stereocenters. The summed E-state index contributed by atoms with van der Waals surface area (Å²) in [6.45, 7) is 0.348. The van der Waals surface area contributed by atoms with Gasteiger partial charge in [0.15, 0.2) is 11.5 Å². The minimum Gasteiger partial charge on any atom is -0.465 e. The lowest BCUT2D eigenvalue weighted by atomic mass is 9.94. The highest BCUT2D eigenvalue weighted by atomic mass is 32.1. The normalized spacial score (nSPS) is 15.4. The van der Waals surface area contributed by atoms with Gasteiger partial charge in [-0.3, -0.25) is 9.59 Å². The number of rotatable bonds is 9. The van der Waals surface area contributed by atoms with Crippen molar-refractivity contribution in [2.45, 2.75) is 57.2 Å². The van der Waals surface area contributed by atoms with Gasteiger partial charge in [0.2, 0.25) is 18.6 Å². The van der Waals surface area contributed by atoms with Crippen molar-refractivity contribution >= 4 is 29.1 Å². The Balaban J connectivity index is 1.50. The molecular weight excluding hydrogens is 516 g/mol. The first-order chi connectivity index (χ1) is 19.0. The van der Waals surface area contributed by atoms with E-state index in [1.54, 1.807) is 29.2 Å². The van der Waals surface area contributed by atoms with Crippen molar-refractivity contribution in [1.29, 1.82) is 0 Å². The number of thiophene rings is 1. The average Bonchev–Trinajstić information content (AvgIpc) is 3.65. The Bertz CT molecular complexity index is 1300. The fraction of sp³-hybridized carbons (Fsp3) is 0.367. The molecule has 0 saturated heterocycles. The van der Waals surface area contributed by atoms with Gasteiger partial charge in [0, 0.05) is 17.5 Å². The Morgan fingerprint density at radius 2 is 1.79 bits per heavy atom. The summed E-state index contributed by atoms with van der Waals surface area (Å²) in [4.78, 5) is 42.5. The number of nitrogens with zero attached hydrogens (tertiary/aromatic N) is 1. The van der Waals surface area contributed by atoms with Gasteiger partial charge in [0.05, 0.1) is 19.1 Å². The van der Waals surface area contributed by atoms with Gasteiger partial charge in [-0.2, -0.15) is 0 Å². The summed E-state index contributed by atoms with van der Waals surface area (Å²) in [5.41, 5.74) is 1.82. The third kappa shape index (κ3) is 6.42. The summed E-state index contributed by atoms with van der Waals surface area (Å²) in [6, 6.07) is 15.3. The lowest BCUT2D eigenvalue weighted by molar-refractivity contribution is -0.141. The summed E-state index contributed by atoms with van der Waals surface area (Å²) < 4.78 is 15.9. The molecule has 1 fully saturated rings. The number of amides is 2. The quantitative estimate of drug-likeness (QED) is 0.377. The minimum absolute atomic E-state index is 0.0721. The van der Waals surface area contributed by atoms with Crippen LogP contribution in [-0.2, 0) is 27.3 Å². The van der Waals surface area contributed by atoms with Gasteiger partial charge in [-0.1, -0.05) is 43.5 Å². The smallest absolute Gasteiger partial charge is 0.337 e. The highest BCUT2D eigenvalue weighted by Gasteiger charge is 2.33. The summed E-state index contributed by atoms with van der Waals surface area (Å²) >= 11 is 1.51. The van der Waals surface area contributed by atoms with Crippen molar-refractivity contribution in [3.05, 3.63) is 81.5 Å². The molecule has 1 saturated carbocycles. The summed E-state index contributed by atoms with van der Waals surface area (Å²) in [7, 11) is 1.33. The van der Waals surface area contributed by atoms with Crippen LogP contribution in [0.15, 0.2) is 60.0 Å². The molecule has 0 bridgehead atoms. The zero-order valence-corrected chi connectivity index (χ0v) is 22.7. The van der Waals surface area contributed by atoms with E-state index in [2.05, 4.69) is 5.32 Å². The first-order valence-corrected chi connectivity index (χ1v) is 14.1. The Hall–Kier alpha value is -3.85. The lowest BCUT2D eigenvalue weighted by Crippen LogP contribution is -2.47. The van der Waals surface area contributed by atoms with Crippen LogP contribution in [0.5, 0.6) is 11.5 Å². The molecule has 1 aliphatic heterocycles. The van der Waals surface area contributed by atoms with Crippen LogP contribution in [0.4, 0.5) is 0 Å². The van der Waals surface area contributed by atoms with E-state index in [4.69, 9.17) is 14.2 Å². The molecule has 2 heterocycles. The van der Waals surface area contributed by atoms with Gasteiger partial charge < -0.3 is 24.4 Å². The zero-order chi connectivity index (χ0) is 27.2. The lowest BCUT2D eigenvalue weighted by Gasteiger charge is -2.33. The molecule has 1 aromatic heterocycles. The topological polar surface area (TPSA) is 94.2 Å². The molecule has 8 nitrogen and oxygen atoms in total. The highest BCUT2D eigenvalue weighted by molar-refractivity contribution is 7.10. The number of carbonyl (C=O) groups is 3. The van der Waals surface area contributed by atoms with Crippen molar-refractivity contribution in [2.24, 2.45) is 0 Å². The summed E-state index contributed by atoms with van der Waals surface area (Å²) in [5, 5.41) is 5.16. The third-order valence-electron chi connectivity index (χ3n) is 7.17. The number of benzene rings is 2. The summed E-state index contributed by atoms with van der Waals surface area (Å²) in [6.07, 6.45) is 5.33. The maximum atomic E-state index is 14.0. The third-order valence-corrected chi connectivity index (χ3v) is 8.05. The number of carbonyl (C=O) groups excluding carboxylic acids is 3. The van der Waals surface area contributed by atoms with Crippen LogP contribution in [0.1, 0.15) is 64.5 Å². The van der Waals surface area contributed by atoms with Crippen LogP contribution in [0, 0.1) is 0 Å². The van der Waals surface area contributed by atoms with E-state index in [0.29, 0.717) is 22.6 Å². The van der Waals surface area contributed by atoms with Crippen LogP contribution in [0.2, 0.25) is 0 Å². The van der Waals surface area contributed by atoms with E-state index in [1.165, 1.54) is 24.9 Å². The molecule has 0 unspecified atom stereocenters. The molecule has 1 N–H and O–H groups in total. The van der Waals surface area contributed by atoms with E-state index in [-0.39, 0.29) is 37.6 Å². The maximum absolute atomic E-state index is 14.0. The molecule has 9 heteroatoms.